The summed E-state index contributed by atoms with van der Waals surface area (Å²) < 4.78 is 9.49. The molecule has 0 fully saturated rings. The molecule has 0 aliphatic heterocycles. The minimum atomic E-state index is -1.20. The number of esters is 2. The zero-order valence-electron chi connectivity index (χ0n) is 10.1. The van der Waals surface area contributed by atoms with Crippen molar-refractivity contribution in [1.29, 1.82) is 0 Å². The van der Waals surface area contributed by atoms with Crippen molar-refractivity contribution in [2.75, 3.05) is 13.2 Å². The Bertz CT molecular complexity index is 403. The van der Waals surface area contributed by atoms with Crippen LogP contribution in [0.5, 0.6) is 0 Å². The number of carbonyl (C=O) groups is 2. The lowest BCUT2D eigenvalue weighted by Crippen LogP contribution is -2.44. The Labute approximate surface area is 123 Å². The van der Waals surface area contributed by atoms with Gasteiger partial charge in [0.2, 0.25) is 0 Å². The highest BCUT2D eigenvalue weighted by Crippen LogP contribution is 2.38. The molecule has 0 aromatic heterocycles. The number of carbonyl (C=O) groups excluding carboxylic acids is 2. The van der Waals surface area contributed by atoms with Gasteiger partial charge in [0, 0.05) is 4.48 Å². The molecule has 6 heteroatoms. The molecule has 4 nitrogen and oxygen atoms in total. The lowest BCUT2D eigenvalue weighted by molar-refractivity contribution is -0.154. The minimum absolute atomic E-state index is 0.250. The van der Waals surface area contributed by atoms with Crippen molar-refractivity contribution in [3.63, 3.8) is 0 Å². The first kappa shape index (κ1) is 15.4. The highest BCUT2D eigenvalue weighted by atomic mass is 79.9. The van der Waals surface area contributed by atoms with Crippen LogP contribution in [0.2, 0.25) is 0 Å². The fraction of sp³-hybridized carbons (Fsp3) is 0.500. The van der Waals surface area contributed by atoms with Gasteiger partial charge in [-0.2, -0.15) is 0 Å². The fourth-order valence-corrected chi connectivity index (χ4v) is 2.51. The van der Waals surface area contributed by atoms with Crippen LogP contribution in [0.1, 0.15) is 13.8 Å². The molecule has 0 amide bonds. The smallest absolute Gasteiger partial charge is 0.328 e. The Morgan fingerprint density at radius 1 is 1.33 bits per heavy atom. The number of hydrogen-bond acceptors (Lipinski definition) is 4. The molecular formula is C12H14Br2O4. The quantitative estimate of drug-likeness (QED) is 0.555. The monoisotopic (exact) mass is 380 g/mol. The van der Waals surface area contributed by atoms with E-state index in [-0.39, 0.29) is 13.2 Å². The van der Waals surface area contributed by atoms with E-state index in [1.165, 1.54) is 0 Å². The van der Waals surface area contributed by atoms with Crippen LogP contribution in [0.25, 0.3) is 0 Å². The van der Waals surface area contributed by atoms with E-state index < -0.39 is 22.2 Å². The van der Waals surface area contributed by atoms with Crippen molar-refractivity contribution in [1.82, 2.24) is 0 Å². The van der Waals surface area contributed by atoms with Gasteiger partial charge in [-0.1, -0.05) is 50.1 Å². The topological polar surface area (TPSA) is 52.6 Å². The highest BCUT2D eigenvalue weighted by Gasteiger charge is 2.48. The van der Waals surface area contributed by atoms with Gasteiger partial charge in [0.15, 0.2) is 4.32 Å². The molecule has 1 aliphatic rings. The van der Waals surface area contributed by atoms with Crippen LogP contribution < -0.4 is 0 Å². The molecule has 0 spiro atoms. The van der Waals surface area contributed by atoms with E-state index in [9.17, 15) is 9.59 Å². The van der Waals surface area contributed by atoms with E-state index in [0.29, 0.717) is 0 Å². The first-order valence-corrected chi connectivity index (χ1v) is 7.13. The minimum Gasteiger partial charge on any atom is -0.465 e. The van der Waals surface area contributed by atoms with Gasteiger partial charge in [-0.25, -0.2) is 0 Å². The molecule has 1 aliphatic carbocycles. The molecule has 2 unspecified atom stereocenters. The van der Waals surface area contributed by atoms with E-state index in [0.717, 1.165) is 4.48 Å². The van der Waals surface area contributed by atoms with Crippen LogP contribution in [0, 0.1) is 5.92 Å². The zero-order valence-corrected chi connectivity index (χ0v) is 13.3. The number of halogens is 2. The van der Waals surface area contributed by atoms with Crippen LogP contribution in [0.15, 0.2) is 22.7 Å². The fourth-order valence-electron chi connectivity index (χ4n) is 1.55. The van der Waals surface area contributed by atoms with Crippen LogP contribution >= 0.6 is 31.9 Å². The Balaban J connectivity index is 3.04. The maximum Gasteiger partial charge on any atom is 0.328 e. The maximum absolute atomic E-state index is 12.0. The van der Waals surface area contributed by atoms with Crippen molar-refractivity contribution in [2.24, 2.45) is 5.92 Å². The molecule has 0 saturated heterocycles. The normalized spacial score (nSPS) is 26.4. The van der Waals surface area contributed by atoms with Crippen LogP contribution in [0.3, 0.4) is 0 Å². The number of allylic oxidation sites excluding steroid dienone is 2. The van der Waals surface area contributed by atoms with Gasteiger partial charge in [-0.05, 0) is 13.8 Å². The third-order valence-electron chi connectivity index (χ3n) is 2.39. The average molecular weight is 382 g/mol. The van der Waals surface area contributed by atoms with E-state index in [1.807, 2.05) is 0 Å². The molecule has 0 saturated carbocycles. The van der Waals surface area contributed by atoms with Crippen molar-refractivity contribution in [3.8, 4) is 0 Å². The Morgan fingerprint density at radius 3 is 2.50 bits per heavy atom. The average Bonchev–Trinajstić information content (AvgIpc) is 2.33. The first-order chi connectivity index (χ1) is 8.45. The lowest BCUT2D eigenvalue weighted by atomic mass is 9.88. The number of rotatable bonds is 4. The van der Waals surface area contributed by atoms with Gasteiger partial charge in [0.05, 0.1) is 13.2 Å². The zero-order chi connectivity index (χ0) is 13.8. The molecule has 18 heavy (non-hydrogen) atoms. The second-order valence-corrected chi connectivity index (χ2v) is 5.83. The predicted molar refractivity (Wildman–Crippen MR) is 74.6 cm³/mol. The van der Waals surface area contributed by atoms with Crippen molar-refractivity contribution < 1.29 is 19.1 Å². The molecular weight excluding hydrogens is 368 g/mol. The molecule has 0 aromatic carbocycles. The van der Waals surface area contributed by atoms with E-state index in [1.54, 1.807) is 32.1 Å². The molecule has 0 radical (unpaired) electrons. The first-order valence-electron chi connectivity index (χ1n) is 5.55. The van der Waals surface area contributed by atoms with Gasteiger partial charge < -0.3 is 9.47 Å². The summed E-state index contributed by atoms with van der Waals surface area (Å²) in [4.78, 5) is 23.9. The summed E-state index contributed by atoms with van der Waals surface area (Å²) in [6, 6.07) is 0. The maximum atomic E-state index is 12.0. The predicted octanol–water partition coefficient (Wildman–Crippen LogP) is 2.71. The van der Waals surface area contributed by atoms with Crippen molar-refractivity contribution >= 4 is 43.8 Å². The summed E-state index contributed by atoms with van der Waals surface area (Å²) in [7, 11) is 0. The van der Waals surface area contributed by atoms with Crippen molar-refractivity contribution in [3.05, 3.63) is 22.7 Å². The molecule has 0 bridgehead atoms. The van der Waals surface area contributed by atoms with Crippen molar-refractivity contribution in [2.45, 2.75) is 18.2 Å². The lowest BCUT2D eigenvalue weighted by Gasteiger charge is -2.29. The van der Waals surface area contributed by atoms with Gasteiger partial charge in [-0.3, -0.25) is 9.59 Å². The molecule has 1 rings (SSSR count). The summed E-state index contributed by atoms with van der Waals surface area (Å²) in [5.74, 6) is -1.73. The summed E-state index contributed by atoms with van der Waals surface area (Å²) in [5, 5.41) is 0. The summed E-state index contributed by atoms with van der Waals surface area (Å²) in [6.07, 6.45) is 4.92. The summed E-state index contributed by atoms with van der Waals surface area (Å²) >= 11 is 6.58. The third-order valence-corrected chi connectivity index (χ3v) is 4.00. The van der Waals surface area contributed by atoms with Gasteiger partial charge in [0.1, 0.15) is 5.92 Å². The van der Waals surface area contributed by atoms with E-state index >= 15 is 0 Å². The highest BCUT2D eigenvalue weighted by molar-refractivity contribution is 9.12. The Kier molecular flexibility index (Phi) is 5.59. The van der Waals surface area contributed by atoms with Crippen LogP contribution in [0.4, 0.5) is 0 Å². The molecule has 0 heterocycles. The van der Waals surface area contributed by atoms with Gasteiger partial charge in [0.25, 0.3) is 0 Å². The van der Waals surface area contributed by atoms with E-state index in [2.05, 4.69) is 31.9 Å². The van der Waals surface area contributed by atoms with Crippen LogP contribution in [-0.4, -0.2) is 29.5 Å². The third kappa shape index (κ3) is 3.23. The molecule has 0 aromatic rings. The molecule has 100 valence electrons. The second kappa shape index (κ2) is 6.52. The van der Waals surface area contributed by atoms with Gasteiger partial charge >= 0.3 is 11.9 Å². The number of alkyl halides is 1. The Hall–Kier alpha value is -0.620. The summed E-state index contributed by atoms with van der Waals surface area (Å²) in [5.41, 5.74) is 0. The second-order valence-electron chi connectivity index (χ2n) is 3.60. The molecule has 2 atom stereocenters. The van der Waals surface area contributed by atoms with Crippen LogP contribution in [-0.2, 0) is 19.1 Å². The van der Waals surface area contributed by atoms with E-state index in [4.69, 9.17) is 9.47 Å². The Morgan fingerprint density at radius 2 is 1.94 bits per heavy atom. The summed E-state index contributed by atoms with van der Waals surface area (Å²) in [6.45, 7) is 3.94. The SMILES string of the molecule is CCOC(=O)C1C=C(Br)C=CC1(Br)C(=O)OCC. The number of hydrogen-bond donors (Lipinski definition) is 0. The standard InChI is InChI=1S/C12H14Br2O4/c1-3-17-10(15)9-7-8(13)5-6-12(9,14)11(16)18-4-2/h5-7,9H,3-4H2,1-2H3. The number of ether oxygens (including phenoxy) is 2. The largest absolute Gasteiger partial charge is 0.465 e. The van der Waals surface area contributed by atoms with Gasteiger partial charge in [-0.15, -0.1) is 0 Å². The molecule has 0 N–H and O–H groups in total.